The summed E-state index contributed by atoms with van der Waals surface area (Å²) < 4.78 is 15.9. The molecule has 4 nitrogen and oxygen atoms in total. The molecule has 0 bridgehead atoms. The van der Waals surface area contributed by atoms with Crippen LogP contribution in [-0.2, 0) is 11.3 Å². The van der Waals surface area contributed by atoms with Crippen molar-refractivity contribution in [3.63, 3.8) is 0 Å². The topological polar surface area (TPSA) is 36.4 Å². The third-order valence-corrected chi connectivity index (χ3v) is 5.96. The Kier molecular flexibility index (Phi) is 7.19. The van der Waals surface area contributed by atoms with Crippen molar-refractivity contribution in [1.82, 2.24) is 9.29 Å². The minimum absolute atomic E-state index is 0.203. The average Bonchev–Trinajstić information content (AvgIpc) is 3.22. The molecule has 0 saturated heterocycles. The van der Waals surface area contributed by atoms with Crippen LogP contribution < -0.4 is 4.90 Å². The molecule has 150 valence electrons. The molecule has 29 heavy (non-hydrogen) atoms. The Morgan fingerprint density at radius 1 is 1.24 bits per heavy atom. The van der Waals surface area contributed by atoms with Crippen LogP contribution in [0, 0.1) is 5.82 Å². The van der Waals surface area contributed by atoms with Crippen LogP contribution in [0.4, 0.5) is 10.1 Å². The Morgan fingerprint density at radius 3 is 2.72 bits per heavy atom. The monoisotopic (exact) mass is 427 g/mol. The van der Waals surface area contributed by atoms with E-state index in [4.69, 9.17) is 0 Å². The lowest BCUT2D eigenvalue weighted by Crippen LogP contribution is -2.15. The molecular weight excluding hydrogens is 405 g/mol. The SMILES string of the molecule is C/C(=C/c1nccs1)c1cc(SN(C)Cc2ccccc2F)ccc1N(C)C=O. The molecule has 7 heteroatoms. The van der Waals surface area contributed by atoms with E-state index in [1.807, 2.05) is 47.9 Å². The summed E-state index contributed by atoms with van der Waals surface area (Å²) in [4.78, 5) is 18.2. The quantitative estimate of drug-likeness (QED) is 0.348. The summed E-state index contributed by atoms with van der Waals surface area (Å²) in [7, 11) is 3.67. The number of hydrogen-bond acceptors (Lipinski definition) is 5. The second-order valence-electron chi connectivity index (χ2n) is 6.56. The highest BCUT2D eigenvalue weighted by Crippen LogP contribution is 2.33. The van der Waals surface area contributed by atoms with Gasteiger partial charge in [-0.1, -0.05) is 18.2 Å². The van der Waals surface area contributed by atoms with E-state index < -0.39 is 0 Å². The van der Waals surface area contributed by atoms with Crippen LogP contribution in [0.5, 0.6) is 0 Å². The molecule has 0 atom stereocenters. The van der Waals surface area contributed by atoms with Crippen LogP contribution in [-0.4, -0.2) is 29.8 Å². The van der Waals surface area contributed by atoms with Gasteiger partial charge in [0.15, 0.2) is 0 Å². The molecule has 3 rings (SSSR count). The van der Waals surface area contributed by atoms with Crippen molar-refractivity contribution in [2.45, 2.75) is 18.4 Å². The van der Waals surface area contributed by atoms with Gasteiger partial charge in [-0.15, -0.1) is 11.3 Å². The first kappa shape index (κ1) is 21.2. The summed E-state index contributed by atoms with van der Waals surface area (Å²) in [6, 6.07) is 12.8. The van der Waals surface area contributed by atoms with Gasteiger partial charge in [0.25, 0.3) is 0 Å². The third kappa shape index (κ3) is 5.53. The molecule has 0 spiro atoms. The summed E-state index contributed by atoms with van der Waals surface area (Å²) in [5.41, 5.74) is 3.45. The zero-order valence-electron chi connectivity index (χ0n) is 16.5. The minimum atomic E-state index is -0.203. The maximum absolute atomic E-state index is 13.9. The Morgan fingerprint density at radius 2 is 2.03 bits per heavy atom. The lowest BCUT2D eigenvalue weighted by atomic mass is 10.0. The van der Waals surface area contributed by atoms with Crippen molar-refractivity contribution in [2.75, 3.05) is 19.0 Å². The van der Waals surface area contributed by atoms with Gasteiger partial charge in [-0.2, -0.15) is 0 Å². The highest BCUT2D eigenvalue weighted by molar-refractivity contribution is 7.97. The van der Waals surface area contributed by atoms with E-state index in [0.29, 0.717) is 12.1 Å². The molecule has 0 aliphatic heterocycles. The van der Waals surface area contributed by atoms with Gasteiger partial charge in [0, 0.05) is 41.2 Å². The van der Waals surface area contributed by atoms with E-state index in [1.54, 1.807) is 41.6 Å². The first-order valence-corrected chi connectivity index (χ1v) is 10.7. The lowest BCUT2D eigenvalue weighted by Gasteiger charge is -2.20. The molecule has 0 saturated carbocycles. The van der Waals surface area contributed by atoms with Gasteiger partial charge in [-0.3, -0.25) is 4.79 Å². The number of hydrogen-bond donors (Lipinski definition) is 0. The van der Waals surface area contributed by atoms with E-state index in [2.05, 4.69) is 11.1 Å². The van der Waals surface area contributed by atoms with Crippen molar-refractivity contribution in [1.29, 1.82) is 0 Å². The van der Waals surface area contributed by atoms with Gasteiger partial charge < -0.3 is 4.90 Å². The molecule has 1 aromatic heterocycles. The molecular formula is C22H22FN3OS2. The van der Waals surface area contributed by atoms with Crippen molar-refractivity contribution >= 4 is 47.0 Å². The Labute approximate surface area is 178 Å². The van der Waals surface area contributed by atoms with Crippen molar-refractivity contribution in [3.05, 3.63) is 76.0 Å². The fourth-order valence-corrected chi connectivity index (χ4v) is 4.39. The van der Waals surface area contributed by atoms with Gasteiger partial charge in [0.2, 0.25) is 6.41 Å². The smallest absolute Gasteiger partial charge is 0.213 e. The molecule has 2 aromatic carbocycles. The number of anilines is 1. The molecule has 0 radical (unpaired) electrons. The highest BCUT2D eigenvalue weighted by atomic mass is 32.2. The Bertz CT molecular complexity index is 1010. The Balaban J connectivity index is 1.86. The summed E-state index contributed by atoms with van der Waals surface area (Å²) in [5.74, 6) is -0.203. The van der Waals surface area contributed by atoms with Gasteiger partial charge in [-0.25, -0.2) is 13.7 Å². The van der Waals surface area contributed by atoms with Crippen LogP contribution in [0.3, 0.4) is 0 Å². The number of benzene rings is 2. The second kappa shape index (κ2) is 9.82. The number of thiazole rings is 1. The number of allylic oxidation sites excluding steroid dienone is 1. The summed E-state index contributed by atoms with van der Waals surface area (Å²) in [5, 5.41) is 2.85. The number of carbonyl (C=O) groups is 1. The van der Waals surface area contributed by atoms with Crippen molar-refractivity contribution in [2.24, 2.45) is 0 Å². The fraction of sp³-hybridized carbons (Fsp3) is 0.182. The van der Waals surface area contributed by atoms with Gasteiger partial charge in [0.1, 0.15) is 10.8 Å². The maximum atomic E-state index is 13.9. The predicted molar refractivity (Wildman–Crippen MR) is 120 cm³/mol. The van der Waals surface area contributed by atoms with E-state index in [-0.39, 0.29) is 5.82 Å². The van der Waals surface area contributed by atoms with Crippen LogP contribution in [0.15, 0.2) is 58.9 Å². The second-order valence-corrected chi connectivity index (χ2v) is 8.77. The Hall–Kier alpha value is -2.48. The number of halogens is 1. The van der Waals surface area contributed by atoms with Gasteiger partial charge in [-0.05, 0) is 61.8 Å². The van der Waals surface area contributed by atoms with Crippen LogP contribution in [0.2, 0.25) is 0 Å². The number of carbonyl (C=O) groups excluding carboxylic acids is 1. The van der Waals surface area contributed by atoms with Crippen molar-refractivity contribution < 1.29 is 9.18 Å². The average molecular weight is 428 g/mol. The normalized spacial score (nSPS) is 11.7. The zero-order chi connectivity index (χ0) is 20.8. The van der Waals surface area contributed by atoms with Crippen molar-refractivity contribution in [3.8, 4) is 0 Å². The largest absolute Gasteiger partial charge is 0.317 e. The van der Waals surface area contributed by atoms with E-state index in [0.717, 1.165) is 33.1 Å². The first-order valence-electron chi connectivity index (χ1n) is 9.01. The molecule has 1 heterocycles. The van der Waals surface area contributed by atoms with Crippen LogP contribution in [0.1, 0.15) is 23.1 Å². The van der Waals surface area contributed by atoms with Gasteiger partial charge in [0.05, 0.1) is 5.69 Å². The predicted octanol–water partition coefficient (Wildman–Crippen LogP) is 5.57. The molecule has 0 aliphatic carbocycles. The van der Waals surface area contributed by atoms with E-state index >= 15 is 0 Å². The van der Waals surface area contributed by atoms with Gasteiger partial charge >= 0.3 is 0 Å². The summed E-state index contributed by atoms with van der Waals surface area (Å²) >= 11 is 3.10. The number of aromatic nitrogens is 1. The number of nitrogens with zero attached hydrogens (tertiary/aromatic N) is 3. The summed E-state index contributed by atoms with van der Waals surface area (Å²) in [6.45, 7) is 2.49. The number of amides is 1. The highest BCUT2D eigenvalue weighted by Gasteiger charge is 2.13. The standard InChI is InChI=1S/C22H22FN3OS2/c1-16(12-22-24-10-11-28-22)19-13-18(8-9-21(19)25(2)15-27)29-26(3)14-17-6-4-5-7-20(17)23/h4-13,15H,14H2,1-3H3/b16-12-. The molecule has 0 aliphatic rings. The lowest BCUT2D eigenvalue weighted by molar-refractivity contribution is -0.107. The fourth-order valence-electron chi connectivity index (χ4n) is 2.90. The molecule has 0 fully saturated rings. The molecule has 0 N–H and O–H groups in total. The molecule has 0 unspecified atom stereocenters. The minimum Gasteiger partial charge on any atom is -0.317 e. The summed E-state index contributed by atoms with van der Waals surface area (Å²) in [6.07, 6.45) is 4.58. The third-order valence-electron chi connectivity index (χ3n) is 4.33. The first-order chi connectivity index (χ1) is 14.0. The molecule has 1 amide bonds. The van der Waals surface area contributed by atoms with Crippen LogP contribution in [0.25, 0.3) is 11.6 Å². The van der Waals surface area contributed by atoms with E-state index in [1.165, 1.54) is 18.0 Å². The van der Waals surface area contributed by atoms with Crippen LogP contribution >= 0.6 is 23.3 Å². The van der Waals surface area contributed by atoms with E-state index in [9.17, 15) is 9.18 Å². The maximum Gasteiger partial charge on any atom is 0.213 e. The zero-order valence-corrected chi connectivity index (χ0v) is 18.1. The number of rotatable bonds is 8. The molecule has 3 aromatic rings.